The van der Waals surface area contributed by atoms with Crippen LogP contribution in [0, 0.1) is 11.3 Å². The number of halogens is 1. The largest absolute Gasteiger partial charge is 0.384 e. The first-order valence-electron chi connectivity index (χ1n) is 5.88. The molecule has 0 heterocycles. The fraction of sp³-hybridized carbons (Fsp3) is 0.462. The summed E-state index contributed by atoms with van der Waals surface area (Å²) in [7, 11) is 2.08. The van der Waals surface area contributed by atoms with Crippen LogP contribution in [0.15, 0.2) is 22.7 Å². The van der Waals surface area contributed by atoms with Crippen molar-refractivity contribution in [1.82, 2.24) is 0 Å². The monoisotopic (exact) mass is 295 g/mol. The molecule has 0 aromatic heterocycles. The van der Waals surface area contributed by atoms with Gasteiger partial charge < -0.3 is 10.6 Å². The summed E-state index contributed by atoms with van der Waals surface area (Å²) in [5, 5.41) is 7.70. The van der Waals surface area contributed by atoms with Crippen molar-refractivity contribution in [1.29, 1.82) is 5.41 Å². The minimum Gasteiger partial charge on any atom is -0.384 e. The number of nitrogens with two attached hydrogens (primary N) is 1. The molecule has 0 spiro atoms. The normalized spacial score (nSPS) is 16.6. The quantitative estimate of drug-likeness (QED) is 0.663. The zero-order valence-electron chi connectivity index (χ0n) is 10.2. The highest BCUT2D eigenvalue weighted by atomic mass is 79.9. The number of nitrogens with one attached hydrogen (secondary N) is 1. The molecule has 0 bridgehead atoms. The highest BCUT2D eigenvalue weighted by Crippen LogP contribution is 2.37. The second kappa shape index (κ2) is 4.69. The van der Waals surface area contributed by atoms with E-state index in [0.29, 0.717) is 6.04 Å². The third kappa shape index (κ3) is 2.46. The van der Waals surface area contributed by atoms with Crippen molar-refractivity contribution in [3.05, 3.63) is 28.2 Å². The molecule has 1 unspecified atom stereocenters. The molecule has 0 radical (unpaired) electrons. The predicted molar refractivity (Wildman–Crippen MR) is 75.7 cm³/mol. The molecular formula is C13H18BrN3. The molecule has 17 heavy (non-hydrogen) atoms. The Bertz CT molecular complexity index is 440. The molecule has 3 nitrogen and oxygen atoms in total. The predicted octanol–water partition coefficient (Wildman–Crippen LogP) is 2.97. The van der Waals surface area contributed by atoms with Gasteiger partial charge in [0.15, 0.2) is 0 Å². The van der Waals surface area contributed by atoms with E-state index >= 15 is 0 Å². The summed E-state index contributed by atoms with van der Waals surface area (Å²) in [5.74, 6) is 0.904. The SMILES string of the molecule is CC(C1CC1)N(C)c1cccc(Br)c1C(=N)N. The Morgan fingerprint density at radius 2 is 2.18 bits per heavy atom. The number of hydrogen-bond acceptors (Lipinski definition) is 2. The van der Waals surface area contributed by atoms with Crippen LogP contribution in [0.25, 0.3) is 0 Å². The van der Waals surface area contributed by atoms with Crippen LogP contribution in [0.1, 0.15) is 25.3 Å². The minimum absolute atomic E-state index is 0.113. The number of rotatable bonds is 4. The van der Waals surface area contributed by atoms with E-state index in [9.17, 15) is 0 Å². The number of benzene rings is 1. The van der Waals surface area contributed by atoms with Crippen molar-refractivity contribution in [2.24, 2.45) is 11.7 Å². The van der Waals surface area contributed by atoms with Crippen LogP contribution in [0.2, 0.25) is 0 Å². The lowest BCUT2D eigenvalue weighted by Gasteiger charge is -2.29. The molecule has 1 aromatic carbocycles. The van der Waals surface area contributed by atoms with Gasteiger partial charge in [0.25, 0.3) is 0 Å². The standard InChI is InChI=1S/C13H18BrN3/c1-8(9-6-7-9)17(2)11-5-3-4-10(14)12(11)13(15)16/h3-5,8-9H,6-7H2,1-2H3,(H3,15,16). The third-order valence-electron chi connectivity index (χ3n) is 3.56. The van der Waals surface area contributed by atoms with E-state index in [4.69, 9.17) is 11.1 Å². The summed E-state index contributed by atoms with van der Waals surface area (Å²) in [6.45, 7) is 2.24. The van der Waals surface area contributed by atoms with Crippen LogP contribution in [-0.4, -0.2) is 18.9 Å². The zero-order chi connectivity index (χ0) is 12.6. The molecular weight excluding hydrogens is 278 g/mol. The number of anilines is 1. The van der Waals surface area contributed by atoms with Crippen LogP contribution in [0.3, 0.4) is 0 Å². The lowest BCUT2D eigenvalue weighted by atomic mass is 10.1. The van der Waals surface area contributed by atoms with E-state index in [1.807, 2.05) is 18.2 Å². The number of hydrogen-bond donors (Lipinski definition) is 2. The zero-order valence-corrected chi connectivity index (χ0v) is 11.8. The average molecular weight is 296 g/mol. The first kappa shape index (κ1) is 12.4. The van der Waals surface area contributed by atoms with E-state index < -0.39 is 0 Å². The topological polar surface area (TPSA) is 53.1 Å². The molecule has 1 fully saturated rings. The van der Waals surface area contributed by atoms with Crippen molar-refractivity contribution >= 4 is 27.5 Å². The van der Waals surface area contributed by atoms with Crippen LogP contribution < -0.4 is 10.6 Å². The van der Waals surface area contributed by atoms with Gasteiger partial charge in [-0.1, -0.05) is 6.07 Å². The van der Waals surface area contributed by atoms with Gasteiger partial charge in [0, 0.05) is 23.2 Å². The maximum Gasteiger partial charge on any atom is 0.126 e. The van der Waals surface area contributed by atoms with Gasteiger partial charge in [-0.3, -0.25) is 5.41 Å². The fourth-order valence-electron chi connectivity index (χ4n) is 2.19. The van der Waals surface area contributed by atoms with Gasteiger partial charge in [-0.2, -0.15) is 0 Å². The molecule has 1 aliphatic rings. The lowest BCUT2D eigenvalue weighted by Crippen LogP contribution is -2.32. The van der Waals surface area contributed by atoms with Crippen molar-refractivity contribution in [2.75, 3.05) is 11.9 Å². The Kier molecular flexibility index (Phi) is 3.43. The molecule has 92 valence electrons. The molecule has 2 rings (SSSR count). The number of nitrogens with zero attached hydrogens (tertiary/aromatic N) is 1. The molecule has 0 aliphatic heterocycles. The Labute approximate surface area is 111 Å². The maximum atomic E-state index is 7.70. The molecule has 1 saturated carbocycles. The smallest absolute Gasteiger partial charge is 0.126 e. The second-order valence-corrected chi connectivity index (χ2v) is 5.59. The molecule has 1 atom stereocenters. The van der Waals surface area contributed by atoms with Gasteiger partial charge in [0.05, 0.1) is 5.56 Å². The van der Waals surface area contributed by atoms with Crippen molar-refractivity contribution in [2.45, 2.75) is 25.8 Å². The molecule has 4 heteroatoms. The number of amidine groups is 1. The van der Waals surface area contributed by atoms with Gasteiger partial charge >= 0.3 is 0 Å². The van der Waals surface area contributed by atoms with E-state index in [1.165, 1.54) is 12.8 Å². The summed E-state index contributed by atoms with van der Waals surface area (Å²) in [5.41, 5.74) is 7.50. The first-order chi connectivity index (χ1) is 8.02. The fourth-order valence-corrected chi connectivity index (χ4v) is 2.76. The van der Waals surface area contributed by atoms with E-state index in [1.54, 1.807) is 0 Å². The molecule has 0 saturated heterocycles. The van der Waals surface area contributed by atoms with Crippen LogP contribution in [0.5, 0.6) is 0 Å². The molecule has 1 aliphatic carbocycles. The molecule has 1 aromatic rings. The van der Waals surface area contributed by atoms with E-state index in [0.717, 1.165) is 21.6 Å². The van der Waals surface area contributed by atoms with E-state index in [2.05, 4.69) is 34.8 Å². The summed E-state index contributed by atoms with van der Waals surface area (Å²) in [4.78, 5) is 2.24. The lowest BCUT2D eigenvalue weighted by molar-refractivity contribution is 0.609. The first-order valence-corrected chi connectivity index (χ1v) is 6.67. The molecule has 3 N–H and O–H groups in total. The Morgan fingerprint density at radius 1 is 1.53 bits per heavy atom. The number of nitrogen functional groups attached to an aromatic ring is 1. The Hall–Kier alpha value is -1.03. The summed E-state index contributed by atoms with van der Waals surface area (Å²) < 4.78 is 0.886. The summed E-state index contributed by atoms with van der Waals surface area (Å²) in [6, 6.07) is 6.44. The summed E-state index contributed by atoms with van der Waals surface area (Å²) >= 11 is 3.47. The summed E-state index contributed by atoms with van der Waals surface area (Å²) in [6.07, 6.45) is 2.63. The van der Waals surface area contributed by atoms with Crippen LogP contribution in [-0.2, 0) is 0 Å². The highest BCUT2D eigenvalue weighted by Gasteiger charge is 2.31. The van der Waals surface area contributed by atoms with Gasteiger partial charge in [-0.15, -0.1) is 0 Å². The van der Waals surface area contributed by atoms with Crippen LogP contribution in [0.4, 0.5) is 5.69 Å². The van der Waals surface area contributed by atoms with E-state index in [-0.39, 0.29) is 5.84 Å². The minimum atomic E-state index is 0.113. The molecule has 0 amide bonds. The van der Waals surface area contributed by atoms with Crippen LogP contribution >= 0.6 is 15.9 Å². The van der Waals surface area contributed by atoms with Gasteiger partial charge in [-0.25, -0.2) is 0 Å². The van der Waals surface area contributed by atoms with Crippen molar-refractivity contribution in [3.8, 4) is 0 Å². The Balaban J connectivity index is 2.36. The highest BCUT2D eigenvalue weighted by molar-refractivity contribution is 9.10. The average Bonchev–Trinajstić information content (AvgIpc) is 3.10. The van der Waals surface area contributed by atoms with Crippen molar-refractivity contribution < 1.29 is 0 Å². The van der Waals surface area contributed by atoms with Gasteiger partial charge in [-0.05, 0) is 53.7 Å². The van der Waals surface area contributed by atoms with Gasteiger partial charge in [0.1, 0.15) is 5.84 Å². The Morgan fingerprint density at radius 3 is 2.71 bits per heavy atom. The second-order valence-electron chi connectivity index (χ2n) is 4.74. The maximum absolute atomic E-state index is 7.70. The third-order valence-corrected chi connectivity index (χ3v) is 4.22. The van der Waals surface area contributed by atoms with Gasteiger partial charge in [0.2, 0.25) is 0 Å². The van der Waals surface area contributed by atoms with Crippen molar-refractivity contribution in [3.63, 3.8) is 0 Å².